The van der Waals surface area contributed by atoms with Crippen LogP contribution < -0.4 is 5.32 Å². The molecule has 1 aliphatic rings. The van der Waals surface area contributed by atoms with E-state index in [1.165, 1.54) is 31.2 Å². The van der Waals surface area contributed by atoms with Crippen molar-refractivity contribution in [1.82, 2.24) is 5.32 Å². The SMILES string of the molecule is COCC(O)CNC1CCC(c2ccccc2)CC1. The van der Waals surface area contributed by atoms with Crippen molar-refractivity contribution in [3.05, 3.63) is 35.9 Å². The maximum Gasteiger partial charge on any atom is 0.0897 e. The van der Waals surface area contributed by atoms with E-state index in [-0.39, 0.29) is 0 Å². The molecule has 0 amide bonds. The van der Waals surface area contributed by atoms with Gasteiger partial charge in [0, 0.05) is 19.7 Å². The third kappa shape index (κ3) is 4.60. The maximum atomic E-state index is 9.62. The Balaban J connectivity index is 1.71. The highest BCUT2D eigenvalue weighted by atomic mass is 16.5. The van der Waals surface area contributed by atoms with Crippen LogP contribution in [0.25, 0.3) is 0 Å². The summed E-state index contributed by atoms with van der Waals surface area (Å²) >= 11 is 0. The minimum absolute atomic E-state index is 0.392. The monoisotopic (exact) mass is 263 g/mol. The van der Waals surface area contributed by atoms with Crippen LogP contribution in [0.15, 0.2) is 30.3 Å². The van der Waals surface area contributed by atoms with Crippen molar-refractivity contribution >= 4 is 0 Å². The number of rotatable bonds is 6. The van der Waals surface area contributed by atoms with Crippen LogP contribution in [-0.2, 0) is 4.74 Å². The number of hydrogen-bond donors (Lipinski definition) is 2. The van der Waals surface area contributed by atoms with Gasteiger partial charge in [-0.1, -0.05) is 30.3 Å². The third-order valence-corrected chi connectivity index (χ3v) is 4.00. The van der Waals surface area contributed by atoms with E-state index in [9.17, 15) is 5.11 Å². The van der Waals surface area contributed by atoms with Gasteiger partial charge in [-0.25, -0.2) is 0 Å². The molecule has 1 aliphatic carbocycles. The molecule has 0 radical (unpaired) electrons. The molecule has 3 nitrogen and oxygen atoms in total. The lowest BCUT2D eigenvalue weighted by Gasteiger charge is -2.30. The molecule has 0 spiro atoms. The van der Waals surface area contributed by atoms with E-state index in [1.807, 2.05) is 0 Å². The summed E-state index contributed by atoms with van der Waals surface area (Å²) in [6.45, 7) is 1.04. The highest BCUT2D eigenvalue weighted by molar-refractivity contribution is 5.20. The second-order valence-electron chi connectivity index (χ2n) is 5.48. The van der Waals surface area contributed by atoms with Crippen LogP contribution in [0, 0.1) is 0 Å². The van der Waals surface area contributed by atoms with Gasteiger partial charge in [0.25, 0.3) is 0 Å². The highest BCUT2D eigenvalue weighted by Gasteiger charge is 2.22. The van der Waals surface area contributed by atoms with Gasteiger partial charge in [0.15, 0.2) is 0 Å². The van der Waals surface area contributed by atoms with Crippen molar-refractivity contribution in [3.63, 3.8) is 0 Å². The maximum absolute atomic E-state index is 9.62. The summed E-state index contributed by atoms with van der Waals surface area (Å²) in [5.74, 6) is 0.711. The van der Waals surface area contributed by atoms with Gasteiger partial charge in [0.2, 0.25) is 0 Å². The van der Waals surface area contributed by atoms with Gasteiger partial charge in [0.1, 0.15) is 0 Å². The molecule has 0 bridgehead atoms. The van der Waals surface area contributed by atoms with Crippen molar-refractivity contribution in [2.45, 2.75) is 43.7 Å². The minimum Gasteiger partial charge on any atom is -0.389 e. The molecular weight excluding hydrogens is 238 g/mol. The van der Waals surface area contributed by atoms with E-state index < -0.39 is 6.10 Å². The number of ether oxygens (including phenoxy) is 1. The zero-order valence-electron chi connectivity index (χ0n) is 11.7. The highest BCUT2D eigenvalue weighted by Crippen LogP contribution is 2.32. The molecule has 0 aromatic heterocycles. The van der Waals surface area contributed by atoms with Crippen molar-refractivity contribution in [2.75, 3.05) is 20.3 Å². The molecule has 1 atom stereocenters. The molecule has 106 valence electrons. The average Bonchev–Trinajstić information content (AvgIpc) is 2.47. The Labute approximate surface area is 116 Å². The molecule has 2 N–H and O–H groups in total. The molecular formula is C16H25NO2. The zero-order valence-corrected chi connectivity index (χ0v) is 11.7. The summed E-state index contributed by atoms with van der Waals surface area (Å²) in [7, 11) is 1.62. The summed E-state index contributed by atoms with van der Waals surface area (Å²) in [6, 6.07) is 11.4. The van der Waals surface area contributed by atoms with E-state index in [1.54, 1.807) is 7.11 Å². The first-order valence-electron chi connectivity index (χ1n) is 7.25. The molecule has 1 unspecified atom stereocenters. The third-order valence-electron chi connectivity index (χ3n) is 4.00. The predicted octanol–water partition coefficient (Wildman–Crippen LogP) is 2.31. The minimum atomic E-state index is -0.392. The number of benzene rings is 1. The summed E-state index contributed by atoms with van der Waals surface area (Å²) < 4.78 is 4.93. The van der Waals surface area contributed by atoms with Gasteiger partial charge in [0.05, 0.1) is 12.7 Å². The van der Waals surface area contributed by atoms with Crippen molar-refractivity contribution in [2.24, 2.45) is 0 Å². The second-order valence-corrected chi connectivity index (χ2v) is 5.48. The van der Waals surface area contributed by atoms with Crippen LogP contribution in [0.4, 0.5) is 0 Å². The normalized spacial score (nSPS) is 25.2. The van der Waals surface area contributed by atoms with Crippen LogP contribution in [0.1, 0.15) is 37.2 Å². The molecule has 0 saturated heterocycles. The van der Waals surface area contributed by atoms with Gasteiger partial charge in [-0.2, -0.15) is 0 Å². The van der Waals surface area contributed by atoms with E-state index in [4.69, 9.17) is 4.74 Å². The Kier molecular flexibility index (Phi) is 5.83. The van der Waals surface area contributed by atoms with E-state index in [0.29, 0.717) is 25.1 Å². The first-order valence-corrected chi connectivity index (χ1v) is 7.25. The summed E-state index contributed by atoms with van der Waals surface area (Å²) in [5.41, 5.74) is 1.47. The molecule has 19 heavy (non-hydrogen) atoms. The summed E-state index contributed by atoms with van der Waals surface area (Å²) in [6.07, 6.45) is 4.47. The molecule has 0 aliphatic heterocycles. The van der Waals surface area contributed by atoms with Crippen LogP contribution >= 0.6 is 0 Å². The molecule has 1 aromatic carbocycles. The van der Waals surface area contributed by atoms with Crippen molar-refractivity contribution < 1.29 is 9.84 Å². The Morgan fingerprint density at radius 2 is 1.89 bits per heavy atom. The van der Waals surface area contributed by atoms with Crippen molar-refractivity contribution in [3.8, 4) is 0 Å². The van der Waals surface area contributed by atoms with E-state index in [2.05, 4.69) is 35.6 Å². The Bertz CT molecular complexity index is 347. The topological polar surface area (TPSA) is 41.5 Å². The lowest BCUT2D eigenvalue weighted by Crippen LogP contribution is -2.39. The zero-order chi connectivity index (χ0) is 13.5. The fourth-order valence-electron chi connectivity index (χ4n) is 2.91. The van der Waals surface area contributed by atoms with Crippen LogP contribution in [0.2, 0.25) is 0 Å². The Hall–Kier alpha value is -0.900. The quantitative estimate of drug-likeness (QED) is 0.827. The first-order chi connectivity index (χ1) is 9.29. The van der Waals surface area contributed by atoms with E-state index >= 15 is 0 Å². The Morgan fingerprint density at radius 3 is 2.53 bits per heavy atom. The van der Waals surface area contributed by atoms with Crippen LogP contribution in [0.3, 0.4) is 0 Å². The molecule has 1 fully saturated rings. The van der Waals surface area contributed by atoms with Crippen molar-refractivity contribution in [1.29, 1.82) is 0 Å². The lowest BCUT2D eigenvalue weighted by atomic mass is 9.82. The standard InChI is InChI=1S/C16H25NO2/c1-19-12-16(18)11-17-15-9-7-14(8-10-15)13-5-3-2-4-6-13/h2-6,14-18H,7-12H2,1H3. The largest absolute Gasteiger partial charge is 0.389 e. The number of aliphatic hydroxyl groups excluding tert-OH is 1. The van der Waals surface area contributed by atoms with Gasteiger partial charge < -0.3 is 15.2 Å². The average molecular weight is 263 g/mol. The lowest BCUT2D eigenvalue weighted by molar-refractivity contribution is 0.0615. The molecule has 1 saturated carbocycles. The van der Waals surface area contributed by atoms with Gasteiger partial charge in [-0.05, 0) is 37.2 Å². The summed E-state index contributed by atoms with van der Waals surface area (Å²) in [5, 5.41) is 13.1. The Morgan fingerprint density at radius 1 is 1.21 bits per heavy atom. The van der Waals surface area contributed by atoms with Gasteiger partial charge >= 0.3 is 0 Å². The summed E-state index contributed by atoms with van der Waals surface area (Å²) in [4.78, 5) is 0. The second kappa shape index (κ2) is 7.63. The molecule has 0 heterocycles. The van der Waals surface area contributed by atoms with Gasteiger partial charge in [-0.3, -0.25) is 0 Å². The molecule has 1 aromatic rings. The first kappa shape index (κ1) is 14.5. The smallest absolute Gasteiger partial charge is 0.0897 e. The predicted molar refractivity (Wildman–Crippen MR) is 77.3 cm³/mol. The van der Waals surface area contributed by atoms with Crippen LogP contribution in [-0.4, -0.2) is 37.5 Å². The number of nitrogens with one attached hydrogen (secondary N) is 1. The van der Waals surface area contributed by atoms with Crippen LogP contribution in [0.5, 0.6) is 0 Å². The number of methoxy groups -OCH3 is 1. The fourth-order valence-corrected chi connectivity index (χ4v) is 2.91. The molecule has 2 rings (SSSR count). The van der Waals surface area contributed by atoms with Gasteiger partial charge in [-0.15, -0.1) is 0 Å². The fraction of sp³-hybridized carbons (Fsp3) is 0.625. The number of hydrogen-bond acceptors (Lipinski definition) is 3. The molecule has 3 heteroatoms. The number of aliphatic hydroxyl groups is 1. The van der Waals surface area contributed by atoms with E-state index in [0.717, 1.165) is 0 Å².